The number of fused-ring (bicyclic) bond motifs is 1. The van der Waals surface area contributed by atoms with E-state index >= 15 is 0 Å². The second-order valence-electron chi connectivity index (χ2n) is 3.54. The maximum Gasteiger partial charge on any atom is 0.254 e. The van der Waals surface area contributed by atoms with Crippen LogP contribution in [0.5, 0.6) is 0 Å². The molecule has 86 valence electrons. The molecule has 0 radical (unpaired) electrons. The molecule has 3 heterocycles. The van der Waals surface area contributed by atoms with E-state index in [4.69, 9.17) is 0 Å². The summed E-state index contributed by atoms with van der Waals surface area (Å²) < 4.78 is 1.64. The quantitative estimate of drug-likeness (QED) is 0.665. The molecule has 0 saturated heterocycles. The summed E-state index contributed by atoms with van der Waals surface area (Å²) in [6, 6.07) is 1.90. The summed E-state index contributed by atoms with van der Waals surface area (Å²) in [4.78, 5) is 12.3. The van der Waals surface area contributed by atoms with E-state index in [-0.39, 0.29) is 0 Å². The topological polar surface area (TPSA) is 96.7 Å². The Labute approximate surface area is 96.1 Å². The highest BCUT2D eigenvalue weighted by atomic mass is 15.4. The van der Waals surface area contributed by atoms with Crippen molar-refractivity contribution in [1.29, 1.82) is 0 Å². The number of hydrogen-bond donors (Lipinski definition) is 2. The zero-order valence-corrected chi connectivity index (χ0v) is 9.12. The Bertz CT molecular complexity index is 626. The van der Waals surface area contributed by atoms with E-state index < -0.39 is 0 Å². The van der Waals surface area contributed by atoms with Gasteiger partial charge in [0.2, 0.25) is 0 Å². The lowest BCUT2D eigenvalue weighted by Crippen LogP contribution is -2.07. The van der Waals surface area contributed by atoms with Crippen molar-refractivity contribution in [3.05, 3.63) is 30.2 Å². The monoisotopic (exact) mass is 230 g/mol. The van der Waals surface area contributed by atoms with Crippen LogP contribution in [-0.2, 0) is 6.54 Å². The zero-order chi connectivity index (χ0) is 11.7. The molecule has 3 aromatic rings. The molecule has 0 atom stereocenters. The van der Waals surface area contributed by atoms with Crippen molar-refractivity contribution in [1.82, 2.24) is 34.8 Å². The Hall–Kier alpha value is -2.51. The van der Waals surface area contributed by atoms with E-state index in [9.17, 15) is 0 Å². The van der Waals surface area contributed by atoms with Crippen molar-refractivity contribution in [2.24, 2.45) is 0 Å². The molecule has 8 nitrogen and oxygen atoms in total. The van der Waals surface area contributed by atoms with Gasteiger partial charge in [-0.25, -0.2) is 9.97 Å². The van der Waals surface area contributed by atoms with Gasteiger partial charge in [0, 0.05) is 11.8 Å². The van der Waals surface area contributed by atoms with Crippen molar-refractivity contribution in [3.63, 3.8) is 0 Å². The first-order valence-electron chi connectivity index (χ1n) is 5.08. The molecule has 0 saturated carbocycles. The SMILES string of the molecule is Cc1cc(NCc2ncn[nH]2)n2ncnc2n1. The summed E-state index contributed by atoms with van der Waals surface area (Å²) in [6.45, 7) is 2.45. The van der Waals surface area contributed by atoms with Crippen molar-refractivity contribution in [2.75, 3.05) is 5.32 Å². The fraction of sp³-hybridized carbons (Fsp3) is 0.222. The molecule has 0 aliphatic rings. The van der Waals surface area contributed by atoms with E-state index in [0.29, 0.717) is 12.3 Å². The fourth-order valence-electron chi connectivity index (χ4n) is 1.55. The van der Waals surface area contributed by atoms with E-state index in [1.54, 1.807) is 4.52 Å². The maximum absolute atomic E-state index is 4.25. The number of anilines is 1. The van der Waals surface area contributed by atoms with Crippen LogP contribution in [0.1, 0.15) is 11.5 Å². The van der Waals surface area contributed by atoms with Gasteiger partial charge in [-0.15, -0.1) is 0 Å². The highest BCUT2D eigenvalue weighted by Crippen LogP contribution is 2.10. The number of aromatic nitrogens is 7. The number of nitrogens with one attached hydrogen (secondary N) is 2. The third-order valence-corrected chi connectivity index (χ3v) is 2.28. The lowest BCUT2D eigenvalue weighted by Gasteiger charge is -2.06. The normalized spacial score (nSPS) is 10.9. The van der Waals surface area contributed by atoms with Crippen LogP contribution >= 0.6 is 0 Å². The molecule has 3 aromatic heterocycles. The van der Waals surface area contributed by atoms with Gasteiger partial charge >= 0.3 is 0 Å². The third kappa shape index (κ3) is 1.80. The number of rotatable bonds is 3. The average molecular weight is 230 g/mol. The molecule has 0 amide bonds. The minimum absolute atomic E-state index is 0.540. The molecule has 8 heteroatoms. The molecule has 2 N–H and O–H groups in total. The summed E-state index contributed by atoms with van der Waals surface area (Å²) in [6.07, 6.45) is 2.95. The second-order valence-corrected chi connectivity index (χ2v) is 3.54. The molecular weight excluding hydrogens is 220 g/mol. The van der Waals surface area contributed by atoms with Crippen LogP contribution in [0.4, 0.5) is 5.82 Å². The Kier molecular flexibility index (Phi) is 2.18. The zero-order valence-electron chi connectivity index (χ0n) is 9.12. The van der Waals surface area contributed by atoms with Gasteiger partial charge in [-0.05, 0) is 6.92 Å². The van der Waals surface area contributed by atoms with Crippen LogP contribution in [0.25, 0.3) is 5.78 Å². The van der Waals surface area contributed by atoms with E-state index in [2.05, 4.69) is 35.6 Å². The standard InChI is InChI=1S/C9H10N8/c1-6-2-8(10-3-7-11-4-13-16-7)17-9(15-6)12-5-14-17/h2,4-5,10H,3H2,1H3,(H,11,13,16). The van der Waals surface area contributed by atoms with E-state index in [0.717, 1.165) is 17.3 Å². The molecule has 0 spiro atoms. The van der Waals surface area contributed by atoms with Crippen molar-refractivity contribution in [3.8, 4) is 0 Å². The summed E-state index contributed by atoms with van der Waals surface area (Å²) in [5.74, 6) is 2.15. The Balaban J connectivity index is 1.91. The van der Waals surface area contributed by atoms with Gasteiger partial charge in [-0.1, -0.05) is 0 Å². The first-order chi connectivity index (χ1) is 8.33. The molecular formula is C9H10N8. The van der Waals surface area contributed by atoms with Crippen LogP contribution in [0.15, 0.2) is 18.7 Å². The van der Waals surface area contributed by atoms with Gasteiger partial charge in [-0.2, -0.15) is 19.7 Å². The van der Waals surface area contributed by atoms with Crippen molar-refractivity contribution < 1.29 is 0 Å². The number of aryl methyl sites for hydroxylation is 1. The molecule has 17 heavy (non-hydrogen) atoms. The van der Waals surface area contributed by atoms with Crippen LogP contribution in [-0.4, -0.2) is 34.8 Å². The Morgan fingerprint density at radius 1 is 1.35 bits per heavy atom. The maximum atomic E-state index is 4.25. The summed E-state index contributed by atoms with van der Waals surface area (Å²) >= 11 is 0. The van der Waals surface area contributed by atoms with E-state index in [1.807, 2.05) is 13.0 Å². The van der Waals surface area contributed by atoms with Gasteiger partial charge in [0.05, 0.1) is 6.54 Å². The van der Waals surface area contributed by atoms with Gasteiger partial charge in [-0.3, -0.25) is 5.10 Å². The minimum atomic E-state index is 0.540. The number of aromatic amines is 1. The third-order valence-electron chi connectivity index (χ3n) is 2.28. The molecule has 0 bridgehead atoms. The summed E-state index contributed by atoms with van der Waals surface area (Å²) in [5, 5.41) is 13.9. The number of hydrogen-bond acceptors (Lipinski definition) is 6. The van der Waals surface area contributed by atoms with Crippen LogP contribution in [0.3, 0.4) is 0 Å². The predicted octanol–water partition coefficient (Wildman–Crippen LogP) is 0.163. The first kappa shape index (κ1) is 9.70. The van der Waals surface area contributed by atoms with Gasteiger partial charge in [0.1, 0.15) is 24.3 Å². The number of nitrogens with zero attached hydrogens (tertiary/aromatic N) is 6. The summed E-state index contributed by atoms with van der Waals surface area (Å²) in [7, 11) is 0. The van der Waals surface area contributed by atoms with Crippen LogP contribution in [0.2, 0.25) is 0 Å². The van der Waals surface area contributed by atoms with Gasteiger partial charge in [0.25, 0.3) is 5.78 Å². The molecule has 0 aromatic carbocycles. The second kappa shape index (κ2) is 3.81. The lowest BCUT2D eigenvalue weighted by molar-refractivity contribution is 0.892. The Morgan fingerprint density at radius 3 is 3.12 bits per heavy atom. The van der Waals surface area contributed by atoms with Crippen molar-refractivity contribution in [2.45, 2.75) is 13.5 Å². The van der Waals surface area contributed by atoms with Crippen LogP contribution < -0.4 is 5.32 Å². The average Bonchev–Trinajstić information content (AvgIpc) is 2.95. The van der Waals surface area contributed by atoms with Crippen molar-refractivity contribution >= 4 is 11.6 Å². The minimum Gasteiger partial charge on any atom is -0.363 e. The largest absolute Gasteiger partial charge is 0.363 e. The smallest absolute Gasteiger partial charge is 0.254 e. The molecule has 3 rings (SSSR count). The predicted molar refractivity (Wildman–Crippen MR) is 59.2 cm³/mol. The Morgan fingerprint density at radius 2 is 2.29 bits per heavy atom. The lowest BCUT2D eigenvalue weighted by atomic mass is 10.4. The highest BCUT2D eigenvalue weighted by Gasteiger charge is 2.05. The first-order valence-corrected chi connectivity index (χ1v) is 5.08. The molecule has 0 aliphatic heterocycles. The van der Waals surface area contributed by atoms with E-state index in [1.165, 1.54) is 12.7 Å². The van der Waals surface area contributed by atoms with Gasteiger partial charge in [0.15, 0.2) is 0 Å². The van der Waals surface area contributed by atoms with Crippen LogP contribution in [0, 0.1) is 6.92 Å². The number of H-pyrrole nitrogens is 1. The molecule has 0 unspecified atom stereocenters. The molecule has 0 fully saturated rings. The molecule has 0 aliphatic carbocycles. The highest BCUT2D eigenvalue weighted by molar-refractivity contribution is 5.44. The fourth-order valence-corrected chi connectivity index (χ4v) is 1.55. The summed E-state index contributed by atoms with van der Waals surface area (Å²) in [5.41, 5.74) is 0.880. The van der Waals surface area contributed by atoms with Gasteiger partial charge < -0.3 is 5.32 Å².